The Morgan fingerprint density at radius 1 is 1.55 bits per heavy atom. The Bertz CT molecular complexity index is 158. The fourth-order valence-corrected chi connectivity index (χ4v) is 2.91. The van der Waals surface area contributed by atoms with Gasteiger partial charge in [-0.2, -0.15) is 0 Å². The molecule has 64 valence electrons. The molecule has 0 heterocycles. The minimum atomic E-state index is -0.0254. The molecule has 0 radical (unpaired) electrons. The van der Waals surface area contributed by atoms with E-state index < -0.39 is 0 Å². The number of aliphatic hydroxyl groups is 1. The predicted octanol–water partition coefficient (Wildman–Crippen LogP) is 0.741. The van der Waals surface area contributed by atoms with Gasteiger partial charge < -0.3 is 10.8 Å². The van der Waals surface area contributed by atoms with E-state index in [1.165, 1.54) is 6.42 Å². The molecular formula is C9H17NO. The Balaban J connectivity index is 1.99. The average Bonchev–Trinajstić information content (AvgIpc) is 2.43. The summed E-state index contributed by atoms with van der Waals surface area (Å²) in [5.74, 6) is 1.95. The summed E-state index contributed by atoms with van der Waals surface area (Å²) in [6.45, 7) is 2.13. The van der Waals surface area contributed by atoms with Gasteiger partial charge in [-0.3, -0.25) is 0 Å². The van der Waals surface area contributed by atoms with Crippen LogP contribution in [0, 0.1) is 17.8 Å². The molecule has 0 amide bonds. The zero-order valence-corrected chi connectivity index (χ0v) is 7.03. The zero-order chi connectivity index (χ0) is 8.01. The van der Waals surface area contributed by atoms with Crippen LogP contribution in [0.3, 0.4) is 0 Å². The van der Waals surface area contributed by atoms with Gasteiger partial charge in [0, 0.05) is 6.04 Å². The minimum absolute atomic E-state index is 0.0254. The van der Waals surface area contributed by atoms with Crippen molar-refractivity contribution >= 4 is 0 Å². The van der Waals surface area contributed by atoms with Crippen molar-refractivity contribution in [3.05, 3.63) is 0 Å². The molecular weight excluding hydrogens is 138 g/mol. The summed E-state index contributed by atoms with van der Waals surface area (Å²) in [4.78, 5) is 0. The second-order valence-electron chi connectivity index (χ2n) is 4.11. The average molecular weight is 155 g/mol. The second-order valence-corrected chi connectivity index (χ2v) is 4.11. The molecule has 0 aromatic heterocycles. The van der Waals surface area contributed by atoms with E-state index in [0.717, 1.165) is 18.8 Å². The molecule has 0 spiro atoms. The van der Waals surface area contributed by atoms with Crippen molar-refractivity contribution in [1.29, 1.82) is 0 Å². The summed E-state index contributed by atoms with van der Waals surface area (Å²) < 4.78 is 0. The van der Waals surface area contributed by atoms with Gasteiger partial charge in [0.25, 0.3) is 0 Å². The van der Waals surface area contributed by atoms with E-state index in [1.54, 1.807) is 0 Å². The van der Waals surface area contributed by atoms with Crippen molar-refractivity contribution in [3.63, 3.8) is 0 Å². The summed E-state index contributed by atoms with van der Waals surface area (Å²) in [7, 11) is 0. The number of hydrogen-bond donors (Lipinski definition) is 2. The molecule has 3 saturated carbocycles. The first-order chi connectivity index (χ1) is 5.24. The number of aliphatic hydroxyl groups excluding tert-OH is 1. The fourth-order valence-electron chi connectivity index (χ4n) is 2.91. The number of fused-ring (bicyclic) bond motifs is 1. The van der Waals surface area contributed by atoms with Crippen molar-refractivity contribution in [2.45, 2.75) is 38.3 Å². The van der Waals surface area contributed by atoms with Gasteiger partial charge in [-0.1, -0.05) is 6.92 Å². The minimum Gasteiger partial charge on any atom is -0.393 e. The van der Waals surface area contributed by atoms with Gasteiger partial charge in [0.2, 0.25) is 0 Å². The van der Waals surface area contributed by atoms with E-state index in [1.807, 2.05) is 0 Å². The highest BCUT2D eigenvalue weighted by atomic mass is 16.3. The van der Waals surface area contributed by atoms with Gasteiger partial charge in [-0.05, 0) is 37.0 Å². The summed E-state index contributed by atoms with van der Waals surface area (Å²) in [6, 6.07) is 0.343. The van der Waals surface area contributed by atoms with Crippen LogP contribution >= 0.6 is 0 Å². The number of nitrogens with two attached hydrogens (primary N) is 1. The maximum atomic E-state index is 9.50. The summed E-state index contributed by atoms with van der Waals surface area (Å²) in [5.41, 5.74) is 5.95. The molecule has 3 aliphatic rings. The zero-order valence-electron chi connectivity index (χ0n) is 7.03. The molecule has 0 aromatic carbocycles. The molecule has 3 N–H and O–H groups in total. The molecule has 3 rings (SSSR count). The van der Waals surface area contributed by atoms with E-state index >= 15 is 0 Å². The van der Waals surface area contributed by atoms with Crippen molar-refractivity contribution in [1.82, 2.24) is 0 Å². The topological polar surface area (TPSA) is 46.2 Å². The lowest BCUT2D eigenvalue weighted by atomic mass is 9.68. The first-order valence-corrected chi connectivity index (χ1v) is 4.67. The van der Waals surface area contributed by atoms with E-state index in [9.17, 15) is 5.11 Å². The standard InChI is InChI=1S/C9H17NO/c1-2-7(10)9-5-3-6(9)8(11)4-5/h5-9,11H,2-4,10H2,1H3/t5-,6?,7?,8?,9-/m0/s1. The maximum absolute atomic E-state index is 9.50. The van der Waals surface area contributed by atoms with Gasteiger partial charge in [-0.25, -0.2) is 0 Å². The van der Waals surface area contributed by atoms with Gasteiger partial charge >= 0.3 is 0 Å². The van der Waals surface area contributed by atoms with Crippen LogP contribution in [0.25, 0.3) is 0 Å². The molecule has 0 aromatic rings. The van der Waals surface area contributed by atoms with Crippen LogP contribution in [0.5, 0.6) is 0 Å². The fraction of sp³-hybridized carbons (Fsp3) is 1.00. The van der Waals surface area contributed by atoms with Gasteiger partial charge in [0.15, 0.2) is 0 Å². The van der Waals surface area contributed by atoms with Gasteiger partial charge in [-0.15, -0.1) is 0 Å². The Morgan fingerprint density at radius 3 is 2.64 bits per heavy atom. The third kappa shape index (κ3) is 0.926. The lowest BCUT2D eigenvalue weighted by Gasteiger charge is -2.39. The second kappa shape index (κ2) is 2.46. The highest BCUT2D eigenvalue weighted by Gasteiger charge is 2.53. The van der Waals surface area contributed by atoms with Crippen molar-refractivity contribution in [2.75, 3.05) is 0 Å². The summed E-state index contributed by atoms with van der Waals surface area (Å²) in [6.07, 6.45) is 3.29. The quantitative estimate of drug-likeness (QED) is 0.618. The van der Waals surface area contributed by atoms with Crippen molar-refractivity contribution in [3.8, 4) is 0 Å². The molecule has 5 atom stereocenters. The van der Waals surface area contributed by atoms with Crippen LogP contribution in [0.4, 0.5) is 0 Å². The maximum Gasteiger partial charge on any atom is 0.0574 e. The van der Waals surface area contributed by atoms with E-state index in [0.29, 0.717) is 17.9 Å². The van der Waals surface area contributed by atoms with Gasteiger partial charge in [0.1, 0.15) is 0 Å². The Hall–Kier alpha value is -0.0800. The molecule has 3 aliphatic carbocycles. The van der Waals surface area contributed by atoms with Crippen LogP contribution in [0.1, 0.15) is 26.2 Å². The first kappa shape index (κ1) is 7.56. The van der Waals surface area contributed by atoms with Crippen LogP contribution in [0.2, 0.25) is 0 Å². The summed E-state index contributed by atoms with van der Waals surface area (Å²) >= 11 is 0. The highest BCUT2D eigenvalue weighted by molar-refractivity contribution is 5.04. The van der Waals surface area contributed by atoms with Crippen LogP contribution in [-0.2, 0) is 0 Å². The number of rotatable bonds is 2. The highest BCUT2D eigenvalue weighted by Crippen LogP contribution is 2.54. The molecule has 3 fully saturated rings. The third-order valence-corrected chi connectivity index (χ3v) is 3.62. The lowest BCUT2D eigenvalue weighted by Crippen LogP contribution is -2.44. The molecule has 2 heteroatoms. The van der Waals surface area contributed by atoms with E-state index in [4.69, 9.17) is 5.73 Å². The predicted molar refractivity (Wildman–Crippen MR) is 44.0 cm³/mol. The number of hydrogen-bond acceptors (Lipinski definition) is 2. The van der Waals surface area contributed by atoms with E-state index in [2.05, 4.69) is 6.92 Å². The van der Waals surface area contributed by atoms with Crippen LogP contribution in [-0.4, -0.2) is 17.3 Å². The first-order valence-electron chi connectivity index (χ1n) is 4.67. The normalized spacial score (nSPS) is 50.5. The Labute approximate surface area is 67.8 Å². The van der Waals surface area contributed by atoms with Crippen molar-refractivity contribution in [2.24, 2.45) is 23.5 Å². The van der Waals surface area contributed by atoms with Gasteiger partial charge in [0.05, 0.1) is 6.10 Å². The van der Waals surface area contributed by atoms with E-state index in [-0.39, 0.29) is 6.10 Å². The van der Waals surface area contributed by atoms with Crippen LogP contribution < -0.4 is 5.73 Å². The monoisotopic (exact) mass is 155 g/mol. The SMILES string of the molecule is CCC(N)[C@@H]1C2C[C@H]1CC2O. The molecule has 11 heavy (non-hydrogen) atoms. The third-order valence-electron chi connectivity index (χ3n) is 3.62. The molecule has 0 aliphatic heterocycles. The van der Waals surface area contributed by atoms with Crippen molar-refractivity contribution < 1.29 is 5.11 Å². The smallest absolute Gasteiger partial charge is 0.0574 e. The Morgan fingerprint density at radius 2 is 2.27 bits per heavy atom. The molecule has 2 bridgehead atoms. The largest absolute Gasteiger partial charge is 0.393 e. The lowest BCUT2D eigenvalue weighted by molar-refractivity contribution is 0.0621. The Kier molecular flexibility index (Phi) is 1.69. The van der Waals surface area contributed by atoms with Crippen LogP contribution in [0.15, 0.2) is 0 Å². The summed E-state index contributed by atoms with van der Waals surface area (Å²) in [5, 5.41) is 9.50. The molecule has 2 nitrogen and oxygen atoms in total. The molecule has 0 saturated heterocycles. The molecule has 3 unspecified atom stereocenters.